The van der Waals surface area contributed by atoms with Gasteiger partial charge in [-0.05, 0) is 26.7 Å². The van der Waals surface area contributed by atoms with Crippen molar-refractivity contribution in [2.24, 2.45) is 5.92 Å². The van der Waals surface area contributed by atoms with Crippen LogP contribution in [0, 0.1) is 11.3 Å². The molecule has 0 atom stereocenters. The number of hydrogen-bond donors (Lipinski definition) is 2. The second-order valence-corrected chi connectivity index (χ2v) is 3.87. The van der Waals surface area contributed by atoms with Crippen LogP contribution in [0.15, 0.2) is 0 Å². The number of imide groups is 1. The van der Waals surface area contributed by atoms with Crippen molar-refractivity contribution in [2.45, 2.75) is 40.5 Å². The Hall–Kier alpha value is -1.59. The zero-order valence-corrected chi connectivity index (χ0v) is 11.6. The van der Waals surface area contributed by atoms with Gasteiger partial charge in [0.05, 0.1) is 0 Å². The minimum absolute atomic E-state index is 0.194. The smallest absolute Gasteiger partial charge is 0.376 e. The van der Waals surface area contributed by atoms with Gasteiger partial charge >= 0.3 is 6.09 Å². The van der Waals surface area contributed by atoms with E-state index in [0.29, 0.717) is 25.9 Å². The van der Waals surface area contributed by atoms with E-state index in [2.05, 4.69) is 5.32 Å². The summed E-state index contributed by atoms with van der Waals surface area (Å²) in [6.07, 6.45) is 0.454. The van der Waals surface area contributed by atoms with Crippen LogP contribution in [0.25, 0.3) is 0 Å². The van der Waals surface area contributed by atoms with Crippen molar-refractivity contribution < 1.29 is 14.3 Å². The van der Waals surface area contributed by atoms with E-state index in [1.54, 1.807) is 4.90 Å². The van der Waals surface area contributed by atoms with Crippen molar-refractivity contribution in [3.63, 3.8) is 0 Å². The van der Waals surface area contributed by atoms with Gasteiger partial charge in [0.1, 0.15) is 0 Å². The Kier molecular flexibility index (Phi) is 7.74. The molecular weight excluding hydrogens is 234 g/mol. The molecule has 0 aromatic heterocycles. The summed E-state index contributed by atoms with van der Waals surface area (Å²) < 4.78 is 4.74. The van der Waals surface area contributed by atoms with Crippen LogP contribution < -0.4 is 5.32 Å². The molecule has 0 saturated heterocycles. The maximum atomic E-state index is 11.6. The lowest BCUT2D eigenvalue weighted by atomic mass is 10.0. The lowest BCUT2D eigenvalue weighted by Gasteiger charge is -2.20. The van der Waals surface area contributed by atoms with Crippen LogP contribution in [0.3, 0.4) is 0 Å². The lowest BCUT2D eigenvalue weighted by molar-refractivity contribution is -0.124. The molecule has 0 spiro atoms. The highest BCUT2D eigenvalue weighted by molar-refractivity contribution is 5.96. The number of rotatable bonds is 5. The fourth-order valence-corrected chi connectivity index (χ4v) is 1.55. The summed E-state index contributed by atoms with van der Waals surface area (Å²) >= 11 is 0. The highest BCUT2D eigenvalue weighted by atomic mass is 16.6. The second kappa shape index (κ2) is 8.49. The normalized spacial score (nSPS) is 10.1. The quantitative estimate of drug-likeness (QED) is 0.582. The molecule has 0 aromatic carbocycles. The Morgan fingerprint density at radius 1 is 1.17 bits per heavy atom. The average molecular weight is 257 g/mol. The van der Waals surface area contributed by atoms with Gasteiger partial charge in [0, 0.05) is 19.0 Å². The number of carbonyl (C=O) groups is 2. The van der Waals surface area contributed by atoms with Gasteiger partial charge in [-0.2, -0.15) is 0 Å². The fourth-order valence-electron chi connectivity index (χ4n) is 1.55. The largest absolute Gasteiger partial charge is 0.421 e. The number of amidine groups is 1. The zero-order chi connectivity index (χ0) is 14.1. The van der Waals surface area contributed by atoms with Crippen LogP contribution in [0.2, 0.25) is 0 Å². The molecule has 0 aliphatic carbocycles. The molecule has 0 fully saturated rings. The van der Waals surface area contributed by atoms with E-state index in [1.165, 1.54) is 0 Å². The first-order valence-electron chi connectivity index (χ1n) is 6.36. The first-order valence-corrected chi connectivity index (χ1v) is 6.36. The SMILES string of the molecule is CCC(CC)C(=O)NC(=O)OC(=N)N(CC)CC. The van der Waals surface area contributed by atoms with E-state index in [0.717, 1.165) is 0 Å². The molecule has 18 heavy (non-hydrogen) atoms. The first-order chi connectivity index (χ1) is 8.49. The first kappa shape index (κ1) is 16.4. The van der Waals surface area contributed by atoms with Crippen molar-refractivity contribution in [2.75, 3.05) is 13.1 Å². The Morgan fingerprint density at radius 3 is 2.06 bits per heavy atom. The maximum Gasteiger partial charge on any atom is 0.421 e. The minimum Gasteiger partial charge on any atom is -0.376 e. The summed E-state index contributed by atoms with van der Waals surface area (Å²) in [6, 6.07) is -0.241. The van der Waals surface area contributed by atoms with Crippen molar-refractivity contribution in [1.82, 2.24) is 10.2 Å². The molecule has 0 aromatic rings. The number of amides is 2. The van der Waals surface area contributed by atoms with E-state index < -0.39 is 6.09 Å². The van der Waals surface area contributed by atoms with E-state index >= 15 is 0 Å². The maximum absolute atomic E-state index is 11.6. The molecule has 0 bridgehead atoms. The van der Waals surface area contributed by atoms with E-state index in [-0.39, 0.29) is 17.8 Å². The molecule has 0 saturated carbocycles. The van der Waals surface area contributed by atoms with Crippen LogP contribution in [0.5, 0.6) is 0 Å². The van der Waals surface area contributed by atoms with Crippen LogP contribution in [0.4, 0.5) is 4.79 Å². The third-order valence-electron chi connectivity index (χ3n) is 2.82. The summed E-state index contributed by atoms with van der Waals surface area (Å²) in [4.78, 5) is 24.6. The van der Waals surface area contributed by atoms with Gasteiger partial charge in [0.25, 0.3) is 6.02 Å². The molecular formula is C12H23N3O3. The topological polar surface area (TPSA) is 82.5 Å². The number of ether oxygens (including phenoxy) is 1. The summed E-state index contributed by atoms with van der Waals surface area (Å²) in [6.45, 7) is 8.63. The van der Waals surface area contributed by atoms with Crippen molar-refractivity contribution >= 4 is 18.0 Å². The molecule has 104 valence electrons. The Morgan fingerprint density at radius 2 is 1.67 bits per heavy atom. The van der Waals surface area contributed by atoms with E-state index in [9.17, 15) is 9.59 Å². The van der Waals surface area contributed by atoms with Gasteiger partial charge in [-0.1, -0.05) is 13.8 Å². The van der Waals surface area contributed by atoms with Crippen molar-refractivity contribution in [1.29, 1.82) is 5.41 Å². The second-order valence-electron chi connectivity index (χ2n) is 3.87. The van der Waals surface area contributed by atoms with Crippen molar-refractivity contribution in [3.05, 3.63) is 0 Å². The molecule has 6 nitrogen and oxygen atoms in total. The van der Waals surface area contributed by atoms with Gasteiger partial charge in [-0.15, -0.1) is 0 Å². The Bertz CT molecular complexity index is 269. The zero-order valence-electron chi connectivity index (χ0n) is 11.6. The van der Waals surface area contributed by atoms with Crippen LogP contribution in [0.1, 0.15) is 40.5 Å². The average Bonchev–Trinajstić information content (AvgIpc) is 2.31. The van der Waals surface area contributed by atoms with E-state index in [4.69, 9.17) is 10.1 Å². The predicted molar refractivity (Wildman–Crippen MR) is 69.3 cm³/mol. The van der Waals surface area contributed by atoms with Gasteiger partial charge < -0.3 is 9.64 Å². The molecule has 0 heterocycles. The summed E-state index contributed by atoms with van der Waals surface area (Å²) in [5, 5.41) is 9.70. The number of nitrogens with one attached hydrogen (secondary N) is 2. The fraction of sp³-hybridized carbons (Fsp3) is 0.750. The lowest BCUT2D eigenvalue weighted by Crippen LogP contribution is -2.40. The standard InChI is InChI=1S/C12H23N3O3/c1-5-9(6-2)10(16)14-12(17)18-11(13)15(7-3)8-4/h9,13H,5-8H2,1-4H3,(H,14,16,17). The van der Waals surface area contributed by atoms with Crippen LogP contribution in [-0.4, -0.2) is 36.0 Å². The number of nitrogens with zero attached hydrogens (tertiary/aromatic N) is 1. The molecule has 0 unspecified atom stereocenters. The molecule has 0 radical (unpaired) electrons. The number of hydrogen-bond acceptors (Lipinski definition) is 4. The molecule has 2 amide bonds. The predicted octanol–water partition coefficient (Wildman–Crippen LogP) is 1.95. The van der Waals surface area contributed by atoms with Gasteiger partial charge in [0.15, 0.2) is 0 Å². The highest BCUT2D eigenvalue weighted by Crippen LogP contribution is 2.07. The summed E-state index contributed by atoms with van der Waals surface area (Å²) in [5.74, 6) is -0.544. The van der Waals surface area contributed by atoms with Crippen LogP contribution in [-0.2, 0) is 9.53 Å². The molecule has 2 N–H and O–H groups in total. The van der Waals surface area contributed by atoms with Crippen LogP contribution >= 0.6 is 0 Å². The van der Waals surface area contributed by atoms with Gasteiger partial charge in [-0.3, -0.25) is 15.5 Å². The number of carbonyl (C=O) groups excluding carboxylic acids is 2. The third kappa shape index (κ3) is 5.16. The summed E-state index contributed by atoms with van der Waals surface area (Å²) in [5.41, 5.74) is 0. The molecule has 0 rings (SSSR count). The van der Waals surface area contributed by atoms with Crippen molar-refractivity contribution in [3.8, 4) is 0 Å². The number of alkyl carbamates (subject to hydrolysis) is 1. The molecule has 0 aliphatic rings. The summed E-state index contributed by atoms with van der Waals surface area (Å²) in [7, 11) is 0. The molecule has 0 aliphatic heterocycles. The van der Waals surface area contributed by atoms with Gasteiger partial charge in [0.2, 0.25) is 5.91 Å². The Balaban J connectivity index is 4.26. The molecule has 6 heteroatoms. The monoisotopic (exact) mass is 257 g/mol. The minimum atomic E-state index is -0.885. The Labute approximate surface area is 108 Å². The highest BCUT2D eigenvalue weighted by Gasteiger charge is 2.19. The van der Waals surface area contributed by atoms with Gasteiger partial charge in [-0.25, -0.2) is 4.79 Å². The van der Waals surface area contributed by atoms with E-state index in [1.807, 2.05) is 27.7 Å². The third-order valence-corrected chi connectivity index (χ3v) is 2.82.